The molecule has 1 aromatic carbocycles. The Labute approximate surface area is 111 Å². The molecule has 1 N–H and O–H groups in total. The number of carbonyl (C=O) groups excluding carboxylic acids is 1. The highest BCUT2D eigenvalue weighted by atomic mass is 16.3. The van der Waals surface area contributed by atoms with Crippen LogP contribution < -0.4 is 5.32 Å². The Kier molecular flexibility index (Phi) is 2.38. The molecule has 0 radical (unpaired) electrons. The lowest BCUT2D eigenvalue weighted by Crippen LogP contribution is -2.31. The van der Waals surface area contributed by atoms with Crippen molar-refractivity contribution in [2.75, 3.05) is 26.2 Å². The van der Waals surface area contributed by atoms with E-state index >= 15 is 0 Å². The molecule has 2 atom stereocenters. The minimum atomic E-state index is 0.0330. The van der Waals surface area contributed by atoms with Crippen molar-refractivity contribution in [2.24, 2.45) is 11.8 Å². The zero-order chi connectivity index (χ0) is 12.8. The number of rotatable bonds is 1. The Morgan fingerprint density at radius 2 is 1.95 bits per heavy atom. The van der Waals surface area contributed by atoms with Gasteiger partial charge in [-0.1, -0.05) is 18.2 Å². The zero-order valence-corrected chi connectivity index (χ0v) is 10.6. The summed E-state index contributed by atoms with van der Waals surface area (Å²) < 4.78 is 5.66. The first-order valence-corrected chi connectivity index (χ1v) is 6.80. The smallest absolute Gasteiger partial charge is 0.289 e. The number of nitrogens with one attached hydrogen (secondary N) is 1. The molecule has 2 saturated heterocycles. The van der Waals surface area contributed by atoms with Crippen LogP contribution in [0.2, 0.25) is 0 Å². The van der Waals surface area contributed by atoms with Crippen LogP contribution in [0.3, 0.4) is 0 Å². The number of fused-ring (bicyclic) bond motifs is 2. The first-order valence-electron chi connectivity index (χ1n) is 6.80. The molecule has 1 amide bonds. The molecule has 2 aromatic rings. The summed E-state index contributed by atoms with van der Waals surface area (Å²) in [5, 5.41) is 4.38. The number of furan rings is 1. The van der Waals surface area contributed by atoms with Crippen LogP contribution in [0.15, 0.2) is 34.7 Å². The monoisotopic (exact) mass is 256 g/mol. The molecule has 19 heavy (non-hydrogen) atoms. The number of hydrogen-bond donors (Lipinski definition) is 1. The maximum Gasteiger partial charge on any atom is 0.289 e. The summed E-state index contributed by atoms with van der Waals surface area (Å²) in [6.07, 6.45) is 0. The summed E-state index contributed by atoms with van der Waals surface area (Å²) in [7, 11) is 0. The average Bonchev–Trinajstić information content (AvgIpc) is 3.10. The third-order valence-corrected chi connectivity index (χ3v) is 4.31. The molecule has 0 bridgehead atoms. The van der Waals surface area contributed by atoms with Gasteiger partial charge in [0.15, 0.2) is 5.76 Å². The van der Waals surface area contributed by atoms with Gasteiger partial charge < -0.3 is 14.6 Å². The van der Waals surface area contributed by atoms with Gasteiger partial charge in [0, 0.05) is 31.6 Å². The highest BCUT2D eigenvalue weighted by Gasteiger charge is 2.38. The lowest BCUT2D eigenvalue weighted by molar-refractivity contribution is 0.0752. The third-order valence-electron chi connectivity index (χ3n) is 4.31. The van der Waals surface area contributed by atoms with E-state index in [2.05, 4.69) is 5.32 Å². The summed E-state index contributed by atoms with van der Waals surface area (Å²) in [4.78, 5) is 14.4. The lowest BCUT2D eigenvalue weighted by atomic mass is 10.0. The Morgan fingerprint density at radius 1 is 1.21 bits per heavy atom. The van der Waals surface area contributed by atoms with Crippen LogP contribution in [0.5, 0.6) is 0 Å². The van der Waals surface area contributed by atoms with Crippen molar-refractivity contribution < 1.29 is 9.21 Å². The maximum atomic E-state index is 12.5. The van der Waals surface area contributed by atoms with E-state index in [1.54, 1.807) is 0 Å². The summed E-state index contributed by atoms with van der Waals surface area (Å²) in [6, 6.07) is 9.60. The standard InChI is InChI=1S/C15H16N2O2/c18-15(17-8-11-6-16-7-12(11)9-17)14-5-10-3-1-2-4-13(10)19-14/h1-5,11-12,16H,6-9H2. The predicted octanol–water partition coefficient (Wildman–Crippen LogP) is 1.72. The van der Waals surface area contributed by atoms with E-state index in [1.807, 2.05) is 35.2 Å². The largest absolute Gasteiger partial charge is 0.451 e. The Bertz CT molecular complexity index is 589. The van der Waals surface area contributed by atoms with Crippen LogP contribution in [-0.4, -0.2) is 37.0 Å². The van der Waals surface area contributed by atoms with Gasteiger partial charge >= 0.3 is 0 Å². The second kappa shape index (κ2) is 4.10. The van der Waals surface area contributed by atoms with E-state index < -0.39 is 0 Å². The van der Waals surface area contributed by atoms with Crippen molar-refractivity contribution >= 4 is 16.9 Å². The lowest BCUT2D eigenvalue weighted by Gasteiger charge is -2.15. The highest BCUT2D eigenvalue weighted by molar-refractivity contribution is 5.96. The van der Waals surface area contributed by atoms with Gasteiger partial charge in [-0.05, 0) is 24.0 Å². The maximum absolute atomic E-state index is 12.5. The zero-order valence-electron chi connectivity index (χ0n) is 10.6. The highest BCUT2D eigenvalue weighted by Crippen LogP contribution is 2.28. The third kappa shape index (κ3) is 1.75. The molecule has 98 valence electrons. The number of amides is 1. The van der Waals surface area contributed by atoms with Gasteiger partial charge in [0.1, 0.15) is 5.58 Å². The minimum Gasteiger partial charge on any atom is -0.451 e. The van der Waals surface area contributed by atoms with Crippen molar-refractivity contribution in [1.82, 2.24) is 10.2 Å². The molecule has 0 saturated carbocycles. The van der Waals surface area contributed by atoms with Gasteiger partial charge in [-0.25, -0.2) is 0 Å². The Hall–Kier alpha value is -1.81. The van der Waals surface area contributed by atoms with E-state index in [1.165, 1.54) is 0 Å². The molecule has 1 aromatic heterocycles. The number of carbonyl (C=O) groups is 1. The average molecular weight is 256 g/mol. The predicted molar refractivity (Wildman–Crippen MR) is 72.0 cm³/mol. The van der Waals surface area contributed by atoms with Gasteiger partial charge in [-0.3, -0.25) is 4.79 Å². The first kappa shape index (κ1) is 11.1. The Morgan fingerprint density at radius 3 is 2.68 bits per heavy atom. The molecule has 2 aliphatic heterocycles. The van der Waals surface area contributed by atoms with Gasteiger partial charge in [-0.2, -0.15) is 0 Å². The summed E-state index contributed by atoms with van der Waals surface area (Å²) >= 11 is 0. The number of likely N-dealkylation sites (tertiary alicyclic amines) is 1. The molecule has 4 rings (SSSR count). The van der Waals surface area contributed by atoms with Gasteiger partial charge in [0.2, 0.25) is 0 Å². The van der Waals surface area contributed by atoms with Crippen LogP contribution >= 0.6 is 0 Å². The molecule has 2 aliphatic rings. The summed E-state index contributed by atoms with van der Waals surface area (Å²) in [6.45, 7) is 3.78. The second-order valence-electron chi connectivity index (χ2n) is 5.54. The number of para-hydroxylation sites is 1. The molecule has 0 spiro atoms. The van der Waals surface area contributed by atoms with E-state index in [0.717, 1.165) is 37.1 Å². The number of nitrogens with zero attached hydrogens (tertiary/aromatic N) is 1. The van der Waals surface area contributed by atoms with Crippen molar-refractivity contribution in [2.45, 2.75) is 0 Å². The van der Waals surface area contributed by atoms with Crippen LogP contribution in [-0.2, 0) is 0 Å². The SMILES string of the molecule is O=C(c1cc2ccccc2o1)N1CC2CNCC2C1. The fourth-order valence-electron chi connectivity index (χ4n) is 3.26. The summed E-state index contributed by atoms with van der Waals surface area (Å²) in [5.41, 5.74) is 0.784. The van der Waals surface area contributed by atoms with Gasteiger partial charge in [0.25, 0.3) is 5.91 Å². The Balaban J connectivity index is 1.60. The van der Waals surface area contributed by atoms with E-state index in [9.17, 15) is 4.79 Å². The van der Waals surface area contributed by atoms with Gasteiger partial charge in [0.05, 0.1) is 0 Å². The molecule has 2 fully saturated rings. The van der Waals surface area contributed by atoms with E-state index in [0.29, 0.717) is 17.6 Å². The molecular weight excluding hydrogens is 240 g/mol. The van der Waals surface area contributed by atoms with E-state index in [4.69, 9.17) is 4.42 Å². The molecule has 2 unspecified atom stereocenters. The first-order chi connectivity index (χ1) is 9.31. The van der Waals surface area contributed by atoms with Crippen LogP contribution in [0.25, 0.3) is 11.0 Å². The van der Waals surface area contributed by atoms with Crippen LogP contribution in [0, 0.1) is 11.8 Å². The normalized spacial score (nSPS) is 26.0. The summed E-state index contributed by atoms with van der Waals surface area (Å²) in [5.74, 6) is 1.74. The fourth-order valence-corrected chi connectivity index (χ4v) is 3.26. The van der Waals surface area contributed by atoms with Crippen molar-refractivity contribution in [3.05, 3.63) is 36.1 Å². The van der Waals surface area contributed by atoms with Crippen molar-refractivity contribution in [3.63, 3.8) is 0 Å². The molecule has 0 aliphatic carbocycles. The topological polar surface area (TPSA) is 45.5 Å². The molecule has 3 heterocycles. The van der Waals surface area contributed by atoms with Crippen molar-refractivity contribution in [3.8, 4) is 0 Å². The van der Waals surface area contributed by atoms with E-state index in [-0.39, 0.29) is 5.91 Å². The van der Waals surface area contributed by atoms with Gasteiger partial charge in [-0.15, -0.1) is 0 Å². The number of benzene rings is 1. The molecule has 4 heteroatoms. The fraction of sp³-hybridized carbons (Fsp3) is 0.400. The van der Waals surface area contributed by atoms with Crippen LogP contribution in [0.4, 0.5) is 0 Å². The molecule has 4 nitrogen and oxygen atoms in total. The number of hydrogen-bond acceptors (Lipinski definition) is 3. The minimum absolute atomic E-state index is 0.0330. The second-order valence-corrected chi connectivity index (χ2v) is 5.54. The molecular formula is C15H16N2O2. The van der Waals surface area contributed by atoms with Crippen molar-refractivity contribution in [1.29, 1.82) is 0 Å². The quantitative estimate of drug-likeness (QED) is 0.845. The van der Waals surface area contributed by atoms with Crippen LogP contribution in [0.1, 0.15) is 10.6 Å².